The minimum atomic E-state index is -0.199. The van der Waals surface area contributed by atoms with Crippen LogP contribution in [0, 0.1) is 0 Å². The van der Waals surface area contributed by atoms with E-state index in [1.807, 2.05) is 42.5 Å². The SMILES string of the molecule is O=C1C[C@@H]([NH+]2CCCCCC2)C(=O)N1c1cccc2ccccc12. The van der Waals surface area contributed by atoms with Crippen molar-refractivity contribution in [1.82, 2.24) is 0 Å². The molecule has 2 saturated heterocycles. The topological polar surface area (TPSA) is 41.8 Å². The molecule has 2 aliphatic heterocycles. The van der Waals surface area contributed by atoms with Crippen molar-refractivity contribution in [3.05, 3.63) is 42.5 Å². The van der Waals surface area contributed by atoms with Gasteiger partial charge in [0.25, 0.3) is 5.91 Å². The third-order valence-corrected chi connectivity index (χ3v) is 5.39. The van der Waals surface area contributed by atoms with Gasteiger partial charge in [-0.3, -0.25) is 9.59 Å². The van der Waals surface area contributed by atoms with Crippen LogP contribution >= 0.6 is 0 Å². The van der Waals surface area contributed by atoms with Crippen LogP contribution in [0.2, 0.25) is 0 Å². The lowest BCUT2D eigenvalue weighted by atomic mass is 10.1. The Morgan fingerprint density at radius 3 is 2.38 bits per heavy atom. The highest BCUT2D eigenvalue weighted by Gasteiger charge is 2.46. The number of quaternary nitrogens is 1. The maximum absolute atomic E-state index is 13.1. The minimum Gasteiger partial charge on any atom is -0.324 e. The summed E-state index contributed by atoms with van der Waals surface area (Å²) in [5.41, 5.74) is 0.736. The van der Waals surface area contributed by atoms with E-state index in [1.54, 1.807) is 0 Å². The van der Waals surface area contributed by atoms with Crippen molar-refractivity contribution in [3.8, 4) is 0 Å². The molecule has 2 fully saturated rings. The molecule has 0 saturated carbocycles. The zero-order chi connectivity index (χ0) is 16.5. The number of hydrogen-bond acceptors (Lipinski definition) is 2. The molecule has 1 N–H and O–H groups in total. The molecule has 2 aromatic rings. The first-order valence-corrected chi connectivity index (χ1v) is 8.95. The van der Waals surface area contributed by atoms with Gasteiger partial charge in [0.15, 0.2) is 6.04 Å². The molecule has 2 heterocycles. The van der Waals surface area contributed by atoms with Gasteiger partial charge < -0.3 is 4.90 Å². The van der Waals surface area contributed by atoms with Gasteiger partial charge in [-0.25, -0.2) is 4.90 Å². The number of rotatable bonds is 2. The number of hydrogen-bond donors (Lipinski definition) is 1. The van der Waals surface area contributed by atoms with Gasteiger partial charge in [0, 0.05) is 5.39 Å². The second kappa shape index (κ2) is 6.36. The lowest BCUT2D eigenvalue weighted by Crippen LogP contribution is -3.16. The van der Waals surface area contributed by atoms with E-state index in [0.717, 1.165) is 42.4 Å². The molecule has 0 spiro atoms. The first-order valence-electron chi connectivity index (χ1n) is 8.95. The normalized spacial score (nSPS) is 23.0. The van der Waals surface area contributed by atoms with Crippen molar-refractivity contribution in [1.29, 1.82) is 0 Å². The van der Waals surface area contributed by atoms with Crippen molar-refractivity contribution < 1.29 is 14.5 Å². The van der Waals surface area contributed by atoms with E-state index in [9.17, 15) is 9.59 Å². The van der Waals surface area contributed by atoms with E-state index in [1.165, 1.54) is 22.6 Å². The summed E-state index contributed by atoms with van der Waals surface area (Å²) in [6.45, 7) is 2.01. The van der Waals surface area contributed by atoms with Crippen molar-refractivity contribution in [2.75, 3.05) is 18.0 Å². The van der Waals surface area contributed by atoms with Crippen LogP contribution in [0.1, 0.15) is 32.1 Å². The monoisotopic (exact) mass is 323 g/mol. The van der Waals surface area contributed by atoms with Gasteiger partial charge in [-0.15, -0.1) is 0 Å². The average Bonchev–Trinajstić information content (AvgIpc) is 2.80. The number of nitrogens with zero attached hydrogens (tertiary/aromatic N) is 1. The molecule has 124 valence electrons. The number of amides is 2. The molecule has 0 aliphatic carbocycles. The van der Waals surface area contributed by atoms with E-state index in [4.69, 9.17) is 0 Å². The molecule has 4 rings (SSSR count). The third-order valence-electron chi connectivity index (χ3n) is 5.39. The predicted molar refractivity (Wildman–Crippen MR) is 94.0 cm³/mol. The molecular weight excluding hydrogens is 300 g/mol. The molecule has 2 aliphatic rings. The Morgan fingerprint density at radius 1 is 0.875 bits per heavy atom. The Bertz CT molecular complexity index is 773. The van der Waals surface area contributed by atoms with E-state index in [2.05, 4.69) is 0 Å². The molecule has 2 aromatic carbocycles. The highest BCUT2D eigenvalue weighted by molar-refractivity contribution is 6.24. The Balaban J connectivity index is 1.68. The maximum atomic E-state index is 13.1. The molecule has 0 unspecified atom stereocenters. The highest BCUT2D eigenvalue weighted by atomic mass is 16.2. The Hall–Kier alpha value is -2.20. The minimum absolute atomic E-state index is 0.0201. The molecule has 0 aromatic heterocycles. The summed E-state index contributed by atoms with van der Waals surface area (Å²) >= 11 is 0. The number of benzene rings is 2. The van der Waals surface area contributed by atoms with Crippen molar-refractivity contribution in [3.63, 3.8) is 0 Å². The maximum Gasteiger partial charge on any atom is 0.292 e. The van der Waals surface area contributed by atoms with E-state index in [0.29, 0.717) is 6.42 Å². The number of carbonyl (C=O) groups is 2. The van der Waals surface area contributed by atoms with E-state index < -0.39 is 0 Å². The van der Waals surface area contributed by atoms with E-state index >= 15 is 0 Å². The van der Waals surface area contributed by atoms with Crippen LogP contribution in [0.15, 0.2) is 42.5 Å². The number of nitrogens with one attached hydrogen (secondary N) is 1. The van der Waals surface area contributed by atoms with Crippen LogP contribution in [0.3, 0.4) is 0 Å². The third kappa shape index (κ3) is 2.61. The van der Waals surface area contributed by atoms with Gasteiger partial charge >= 0.3 is 0 Å². The van der Waals surface area contributed by atoms with Crippen LogP contribution in [0.5, 0.6) is 0 Å². The quantitative estimate of drug-likeness (QED) is 0.858. The first kappa shape index (κ1) is 15.3. The smallest absolute Gasteiger partial charge is 0.292 e. The highest BCUT2D eigenvalue weighted by Crippen LogP contribution is 2.30. The summed E-state index contributed by atoms with van der Waals surface area (Å²) in [6, 6.07) is 13.6. The van der Waals surface area contributed by atoms with Crippen LogP contribution in [0.25, 0.3) is 10.8 Å². The van der Waals surface area contributed by atoms with Gasteiger partial charge in [0.2, 0.25) is 5.91 Å². The number of likely N-dealkylation sites (tertiary alicyclic amines) is 1. The summed E-state index contributed by atoms with van der Waals surface area (Å²) in [7, 11) is 0. The molecule has 0 bridgehead atoms. The van der Waals surface area contributed by atoms with Gasteiger partial charge in [-0.1, -0.05) is 36.4 Å². The number of anilines is 1. The average molecular weight is 323 g/mol. The van der Waals surface area contributed by atoms with Crippen LogP contribution < -0.4 is 9.80 Å². The molecule has 24 heavy (non-hydrogen) atoms. The molecule has 0 radical (unpaired) electrons. The number of fused-ring (bicyclic) bond motifs is 1. The Morgan fingerprint density at radius 2 is 1.58 bits per heavy atom. The van der Waals surface area contributed by atoms with E-state index in [-0.39, 0.29) is 17.9 Å². The van der Waals surface area contributed by atoms with Crippen molar-refractivity contribution >= 4 is 28.3 Å². The van der Waals surface area contributed by atoms with Gasteiger partial charge in [0.1, 0.15) is 0 Å². The Labute approximate surface area is 142 Å². The van der Waals surface area contributed by atoms with Crippen molar-refractivity contribution in [2.24, 2.45) is 0 Å². The van der Waals surface area contributed by atoms with Crippen LogP contribution in [-0.4, -0.2) is 30.9 Å². The lowest BCUT2D eigenvalue weighted by molar-refractivity contribution is -0.914. The Kier molecular flexibility index (Phi) is 4.07. The van der Waals surface area contributed by atoms with Crippen LogP contribution in [0.4, 0.5) is 5.69 Å². The zero-order valence-corrected chi connectivity index (χ0v) is 13.8. The standard InChI is InChI=1S/C20H22N2O2/c23-19-14-18(21-12-5-1-2-6-13-21)20(24)22(19)17-11-7-9-15-8-3-4-10-16(15)17/h3-4,7-11,18H,1-2,5-6,12-14H2/p+1/t18-/m1/s1. The fraction of sp³-hybridized carbons (Fsp3) is 0.400. The summed E-state index contributed by atoms with van der Waals surface area (Å²) in [5.74, 6) is -0.0775. The summed E-state index contributed by atoms with van der Waals surface area (Å²) in [4.78, 5) is 28.5. The number of carbonyl (C=O) groups excluding carboxylic acids is 2. The lowest BCUT2D eigenvalue weighted by Gasteiger charge is -2.23. The largest absolute Gasteiger partial charge is 0.324 e. The predicted octanol–water partition coefficient (Wildman–Crippen LogP) is 1.93. The van der Waals surface area contributed by atoms with Crippen LogP contribution in [-0.2, 0) is 9.59 Å². The second-order valence-electron chi connectivity index (χ2n) is 6.89. The van der Waals surface area contributed by atoms with Gasteiger partial charge in [-0.05, 0) is 37.1 Å². The fourth-order valence-corrected chi connectivity index (χ4v) is 4.14. The molecule has 1 atom stereocenters. The summed E-state index contributed by atoms with van der Waals surface area (Å²) in [5, 5.41) is 2.02. The molecule has 4 heteroatoms. The van der Waals surface area contributed by atoms with Gasteiger partial charge in [0.05, 0.1) is 25.2 Å². The molecular formula is C20H23N2O2+. The zero-order valence-electron chi connectivity index (χ0n) is 13.8. The first-order chi connectivity index (χ1) is 11.8. The van der Waals surface area contributed by atoms with Crippen molar-refractivity contribution in [2.45, 2.75) is 38.1 Å². The van der Waals surface area contributed by atoms with Gasteiger partial charge in [-0.2, -0.15) is 0 Å². The summed E-state index contributed by atoms with van der Waals surface area (Å²) < 4.78 is 0. The summed E-state index contributed by atoms with van der Waals surface area (Å²) in [6.07, 6.45) is 5.14. The molecule has 4 nitrogen and oxygen atoms in total. The second-order valence-corrected chi connectivity index (χ2v) is 6.89. The molecule has 2 amide bonds. The number of imide groups is 1. The fourth-order valence-electron chi connectivity index (χ4n) is 4.14.